The van der Waals surface area contributed by atoms with E-state index in [4.69, 9.17) is 18.9 Å². The van der Waals surface area contributed by atoms with Gasteiger partial charge in [-0.1, -0.05) is 54.6 Å². The van der Waals surface area contributed by atoms with Crippen molar-refractivity contribution in [2.75, 3.05) is 27.4 Å². The summed E-state index contributed by atoms with van der Waals surface area (Å²) in [5.41, 5.74) is -2.63. The molecule has 4 aromatic rings. The molecule has 0 spiro atoms. The fourth-order valence-corrected chi connectivity index (χ4v) is 5.22. The zero-order valence-corrected chi connectivity index (χ0v) is 24.5. The van der Waals surface area contributed by atoms with Crippen LogP contribution in [0.15, 0.2) is 94.6 Å². The Labute approximate surface area is 259 Å². The molecule has 14 heteroatoms. The zero-order valence-electron chi connectivity index (χ0n) is 24.5. The van der Waals surface area contributed by atoms with Crippen LogP contribution < -0.4 is 20.7 Å². The largest absolute Gasteiger partial charge is 0.497 e. The van der Waals surface area contributed by atoms with Gasteiger partial charge in [-0.15, -0.1) is 0 Å². The summed E-state index contributed by atoms with van der Waals surface area (Å²) >= 11 is 0. The van der Waals surface area contributed by atoms with Crippen LogP contribution >= 0.6 is 0 Å². The highest BCUT2D eigenvalue weighted by Gasteiger charge is 2.47. The number of aromatic nitrogens is 2. The molecule has 46 heavy (non-hydrogen) atoms. The number of benzene rings is 3. The van der Waals surface area contributed by atoms with Crippen LogP contribution in [0.1, 0.15) is 33.3 Å². The van der Waals surface area contributed by atoms with E-state index in [9.17, 15) is 32.7 Å². The number of nitrogens with one attached hydrogen (secondary N) is 1. The average molecular weight is 643 g/mol. The van der Waals surface area contributed by atoms with E-state index in [2.05, 4.69) is 4.74 Å². The number of aliphatic hydroxyl groups is 1. The number of aromatic amines is 1. The lowest BCUT2D eigenvalue weighted by Gasteiger charge is -2.38. The standard InChI is InChI=1S/C32H29F3N2O9/c1-42-22-12-8-20(9-13-22)32(19-6-4-3-5-7-19,21-10-14-23(43-2)15-11-21)46-25-17-44-28(26(25)38)37-16-24(27(39)36-30(37)41)29(40)45-18-31(33,34)35/h3-16,25-26,28,38H,17-18H2,1-2H3,(H,36,39,41)/t25?,26-,28+/m0/s1. The molecule has 1 fully saturated rings. The second kappa shape index (κ2) is 13.2. The molecular weight excluding hydrogens is 613 g/mol. The van der Waals surface area contributed by atoms with Gasteiger partial charge in [0.15, 0.2) is 12.8 Å². The maximum absolute atomic E-state index is 12.8. The third-order valence-electron chi connectivity index (χ3n) is 7.43. The lowest BCUT2D eigenvalue weighted by Crippen LogP contribution is -2.43. The Morgan fingerprint density at radius 3 is 1.98 bits per heavy atom. The van der Waals surface area contributed by atoms with Gasteiger partial charge in [0, 0.05) is 6.20 Å². The molecule has 1 aliphatic heterocycles. The summed E-state index contributed by atoms with van der Waals surface area (Å²) in [6.45, 7) is -2.20. The van der Waals surface area contributed by atoms with Gasteiger partial charge < -0.3 is 28.8 Å². The highest BCUT2D eigenvalue weighted by Crippen LogP contribution is 2.44. The number of ether oxygens (including phenoxy) is 5. The first-order valence-corrected chi connectivity index (χ1v) is 13.9. The summed E-state index contributed by atoms with van der Waals surface area (Å²) in [7, 11) is 3.07. The number of carbonyl (C=O) groups is 1. The van der Waals surface area contributed by atoms with Crippen molar-refractivity contribution in [3.05, 3.63) is 128 Å². The van der Waals surface area contributed by atoms with Crippen LogP contribution in [0, 0.1) is 0 Å². The van der Waals surface area contributed by atoms with Gasteiger partial charge in [-0.25, -0.2) is 9.59 Å². The van der Waals surface area contributed by atoms with Crippen LogP contribution in [0.2, 0.25) is 0 Å². The van der Waals surface area contributed by atoms with Crippen molar-refractivity contribution in [1.82, 2.24) is 9.55 Å². The van der Waals surface area contributed by atoms with Crippen molar-refractivity contribution in [2.45, 2.75) is 30.2 Å². The molecule has 5 rings (SSSR count). The molecule has 3 atom stereocenters. The van der Waals surface area contributed by atoms with E-state index in [0.29, 0.717) is 39.0 Å². The van der Waals surface area contributed by atoms with Crippen LogP contribution in [-0.4, -0.2) is 66.4 Å². The lowest BCUT2D eigenvalue weighted by molar-refractivity contribution is -0.161. The molecule has 0 aliphatic carbocycles. The number of rotatable bonds is 10. The number of halogens is 3. The van der Waals surface area contributed by atoms with Gasteiger partial charge in [-0.3, -0.25) is 14.3 Å². The normalized spacial score (nSPS) is 18.3. The maximum Gasteiger partial charge on any atom is 0.422 e. The minimum Gasteiger partial charge on any atom is -0.497 e. The van der Waals surface area contributed by atoms with Crippen LogP contribution in [-0.2, 0) is 19.8 Å². The monoisotopic (exact) mass is 642 g/mol. The molecule has 11 nitrogen and oxygen atoms in total. The van der Waals surface area contributed by atoms with Crippen molar-refractivity contribution in [2.24, 2.45) is 0 Å². The van der Waals surface area contributed by atoms with E-state index in [0.717, 1.165) is 0 Å². The number of alkyl halides is 3. The first-order chi connectivity index (χ1) is 22.0. The van der Waals surface area contributed by atoms with Crippen molar-refractivity contribution in [3.63, 3.8) is 0 Å². The molecule has 1 aliphatic rings. The number of hydrogen-bond acceptors (Lipinski definition) is 9. The van der Waals surface area contributed by atoms with Gasteiger partial charge >= 0.3 is 17.8 Å². The first kappa shape index (κ1) is 32.5. The number of nitrogens with zero attached hydrogens (tertiary/aromatic N) is 1. The van der Waals surface area contributed by atoms with E-state index < -0.39 is 59.6 Å². The molecule has 0 radical (unpaired) electrons. The van der Waals surface area contributed by atoms with Crippen LogP contribution in [0.25, 0.3) is 0 Å². The summed E-state index contributed by atoms with van der Waals surface area (Å²) in [5.74, 6) is -0.437. The van der Waals surface area contributed by atoms with Gasteiger partial charge in [0.25, 0.3) is 5.56 Å². The Hall–Kier alpha value is -4.92. The molecule has 1 aromatic heterocycles. The van der Waals surface area contributed by atoms with Crippen molar-refractivity contribution >= 4 is 5.97 Å². The van der Waals surface area contributed by atoms with Gasteiger partial charge in [0.05, 0.1) is 20.8 Å². The number of hydrogen-bond donors (Lipinski definition) is 2. The molecular formula is C32H29F3N2O9. The quantitative estimate of drug-likeness (QED) is 0.197. The smallest absolute Gasteiger partial charge is 0.422 e. The summed E-state index contributed by atoms with van der Waals surface area (Å²) in [6.07, 6.45) is -8.33. The summed E-state index contributed by atoms with van der Waals surface area (Å²) in [4.78, 5) is 39.2. The fourth-order valence-electron chi connectivity index (χ4n) is 5.22. The number of carbonyl (C=O) groups excluding carboxylic acids is 1. The topological polar surface area (TPSA) is 138 Å². The number of methoxy groups -OCH3 is 2. The minimum absolute atomic E-state index is 0.258. The summed E-state index contributed by atoms with van der Waals surface area (Å²) < 4.78 is 66.0. The van der Waals surface area contributed by atoms with Crippen LogP contribution in [0.3, 0.4) is 0 Å². The first-order valence-electron chi connectivity index (χ1n) is 13.9. The molecule has 2 heterocycles. The highest BCUT2D eigenvalue weighted by atomic mass is 19.4. The Kier molecular flexibility index (Phi) is 9.32. The molecule has 0 bridgehead atoms. The number of H-pyrrole nitrogens is 1. The third kappa shape index (κ3) is 6.54. The van der Waals surface area contributed by atoms with Crippen molar-refractivity contribution < 1.29 is 46.8 Å². The van der Waals surface area contributed by atoms with Crippen LogP contribution in [0.4, 0.5) is 13.2 Å². The van der Waals surface area contributed by atoms with E-state index in [1.807, 2.05) is 35.3 Å². The Bertz CT molecular complexity index is 1730. The maximum atomic E-state index is 12.8. The third-order valence-corrected chi connectivity index (χ3v) is 7.43. The Morgan fingerprint density at radius 1 is 0.913 bits per heavy atom. The van der Waals surface area contributed by atoms with E-state index in [1.54, 1.807) is 48.5 Å². The molecule has 2 N–H and O–H groups in total. The molecule has 242 valence electrons. The molecule has 1 saturated heterocycles. The Balaban J connectivity index is 1.56. The molecule has 3 aromatic carbocycles. The highest BCUT2D eigenvalue weighted by molar-refractivity contribution is 5.88. The lowest BCUT2D eigenvalue weighted by atomic mass is 9.79. The van der Waals surface area contributed by atoms with E-state index >= 15 is 0 Å². The average Bonchev–Trinajstić information content (AvgIpc) is 3.41. The van der Waals surface area contributed by atoms with E-state index in [1.165, 1.54) is 14.2 Å². The second-order valence-electron chi connectivity index (χ2n) is 10.3. The number of esters is 1. The molecule has 0 saturated carbocycles. The van der Waals surface area contributed by atoms with Crippen molar-refractivity contribution in [3.8, 4) is 11.5 Å². The summed E-state index contributed by atoms with van der Waals surface area (Å²) in [5, 5.41) is 11.5. The predicted octanol–water partition coefficient (Wildman–Crippen LogP) is 3.54. The van der Waals surface area contributed by atoms with Gasteiger partial charge in [0.2, 0.25) is 0 Å². The predicted molar refractivity (Wildman–Crippen MR) is 156 cm³/mol. The van der Waals surface area contributed by atoms with Gasteiger partial charge in [0.1, 0.15) is 34.9 Å². The zero-order chi connectivity index (χ0) is 33.1. The SMILES string of the molecule is COc1ccc(C(OC2CO[C@@H](n3cc(C(=O)OCC(F)(F)F)c(=O)[nH]c3=O)[C@H]2O)(c2ccccc2)c2ccc(OC)cc2)cc1. The van der Waals surface area contributed by atoms with Gasteiger partial charge in [-0.05, 0) is 41.0 Å². The molecule has 0 amide bonds. The van der Waals surface area contributed by atoms with Gasteiger partial charge in [-0.2, -0.15) is 13.2 Å². The van der Waals surface area contributed by atoms with E-state index in [-0.39, 0.29) is 6.61 Å². The number of aliphatic hydroxyl groups excluding tert-OH is 1. The second-order valence-corrected chi connectivity index (χ2v) is 10.3. The minimum atomic E-state index is -4.84. The summed E-state index contributed by atoms with van der Waals surface area (Å²) in [6, 6.07) is 23.4. The van der Waals surface area contributed by atoms with Crippen LogP contribution in [0.5, 0.6) is 11.5 Å². The Morgan fingerprint density at radius 2 is 1.46 bits per heavy atom. The van der Waals surface area contributed by atoms with Crippen molar-refractivity contribution in [1.29, 1.82) is 0 Å². The fraction of sp³-hybridized carbons (Fsp3) is 0.281. The molecule has 1 unspecified atom stereocenters.